The van der Waals surface area contributed by atoms with Gasteiger partial charge in [0, 0.05) is 24.8 Å². The molecule has 3 nitrogen and oxygen atoms in total. The molecule has 0 unspecified atom stereocenters. The van der Waals surface area contributed by atoms with E-state index in [1.165, 1.54) is 18.5 Å². The van der Waals surface area contributed by atoms with E-state index in [2.05, 4.69) is 41.0 Å². The zero-order valence-corrected chi connectivity index (χ0v) is 10.5. The number of anilines is 1. The summed E-state index contributed by atoms with van der Waals surface area (Å²) >= 11 is 0. The normalized spacial score (nSPS) is 21.5. The van der Waals surface area contributed by atoms with Gasteiger partial charge in [-0.1, -0.05) is 0 Å². The van der Waals surface area contributed by atoms with Crippen LogP contribution in [0.5, 0.6) is 0 Å². The molecule has 0 saturated carbocycles. The van der Waals surface area contributed by atoms with Gasteiger partial charge >= 0.3 is 0 Å². The molecule has 0 spiro atoms. The molecule has 0 aromatic carbocycles. The van der Waals surface area contributed by atoms with Crippen molar-refractivity contribution >= 4 is 5.69 Å². The fourth-order valence-electron chi connectivity index (χ4n) is 2.26. The van der Waals surface area contributed by atoms with E-state index in [1.54, 1.807) is 0 Å². The first-order valence-corrected chi connectivity index (χ1v) is 6.01. The average molecular weight is 219 g/mol. The summed E-state index contributed by atoms with van der Waals surface area (Å²) < 4.78 is 0. The maximum Gasteiger partial charge on any atom is 0.0553 e. The molecule has 0 bridgehead atoms. The van der Waals surface area contributed by atoms with Crippen LogP contribution < -0.4 is 4.90 Å². The Labute approximate surface area is 98.1 Å². The Balaban J connectivity index is 2.06. The quantitative estimate of drug-likeness (QED) is 0.757. The zero-order chi connectivity index (χ0) is 11.5. The van der Waals surface area contributed by atoms with E-state index >= 15 is 0 Å². The Morgan fingerprint density at radius 1 is 1.38 bits per heavy atom. The van der Waals surface area contributed by atoms with Crippen molar-refractivity contribution in [2.45, 2.75) is 25.8 Å². The molecule has 1 saturated heterocycles. The summed E-state index contributed by atoms with van der Waals surface area (Å²) in [6.45, 7) is 4.31. The van der Waals surface area contributed by atoms with Crippen LogP contribution in [0.2, 0.25) is 0 Å². The second-order valence-corrected chi connectivity index (χ2v) is 4.86. The number of rotatable bonds is 2. The van der Waals surface area contributed by atoms with Crippen LogP contribution in [0.4, 0.5) is 5.69 Å². The van der Waals surface area contributed by atoms with E-state index in [0.29, 0.717) is 6.04 Å². The highest BCUT2D eigenvalue weighted by atomic mass is 15.2. The first-order valence-electron chi connectivity index (χ1n) is 6.01. The highest BCUT2D eigenvalue weighted by molar-refractivity contribution is 5.45. The number of nitrogens with zero attached hydrogens (tertiary/aromatic N) is 3. The van der Waals surface area contributed by atoms with Crippen molar-refractivity contribution in [1.82, 2.24) is 9.88 Å². The van der Waals surface area contributed by atoms with Gasteiger partial charge in [0.15, 0.2) is 0 Å². The van der Waals surface area contributed by atoms with Gasteiger partial charge in [-0.25, -0.2) is 0 Å². The SMILES string of the molecule is Cc1ccc(N2CCC[C@H](N(C)C)C2)cn1. The highest BCUT2D eigenvalue weighted by Crippen LogP contribution is 2.20. The van der Waals surface area contributed by atoms with Gasteiger partial charge < -0.3 is 9.80 Å². The minimum Gasteiger partial charge on any atom is -0.369 e. The summed E-state index contributed by atoms with van der Waals surface area (Å²) in [4.78, 5) is 9.14. The molecule has 0 N–H and O–H groups in total. The molecule has 3 heteroatoms. The van der Waals surface area contributed by atoms with Crippen LogP contribution >= 0.6 is 0 Å². The zero-order valence-electron chi connectivity index (χ0n) is 10.5. The van der Waals surface area contributed by atoms with Crippen molar-refractivity contribution in [2.24, 2.45) is 0 Å². The Bertz CT molecular complexity index is 332. The van der Waals surface area contributed by atoms with Gasteiger partial charge in [-0.15, -0.1) is 0 Å². The van der Waals surface area contributed by atoms with Crippen molar-refractivity contribution in [3.8, 4) is 0 Å². The smallest absolute Gasteiger partial charge is 0.0553 e. The number of hydrogen-bond donors (Lipinski definition) is 0. The molecular formula is C13H21N3. The lowest BCUT2D eigenvalue weighted by atomic mass is 10.0. The first kappa shape index (κ1) is 11.4. The molecule has 1 aliphatic heterocycles. The third-order valence-corrected chi connectivity index (χ3v) is 3.39. The second kappa shape index (κ2) is 4.83. The monoisotopic (exact) mass is 219 g/mol. The minimum atomic E-state index is 0.676. The number of likely N-dealkylation sites (N-methyl/N-ethyl adjacent to an activating group) is 1. The van der Waals surface area contributed by atoms with Gasteiger partial charge in [0.05, 0.1) is 11.9 Å². The average Bonchev–Trinajstić information content (AvgIpc) is 2.30. The lowest BCUT2D eigenvalue weighted by Crippen LogP contribution is -2.45. The first-order chi connectivity index (χ1) is 7.66. The molecule has 0 radical (unpaired) electrons. The van der Waals surface area contributed by atoms with Gasteiger partial charge in [-0.2, -0.15) is 0 Å². The van der Waals surface area contributed by atoms with E-state index < -0.39 is 0 Å². The summed E-state index contributed by atoms with van der Waals surface area (Å²) in [7, 11) is 4.34. The molecule has 2 heterocycles. The van der Waals surface area contributed by atoms with Crippen LogP contribution in [0, 0.1) is 6.92 Å². The predicted molar refractivity (Wildman–Crippen MR) is 67.9 cm³/mol. The fourth-order valence-corrected chi connectivity index (χ4v) is 2.26. The summed E-state index contributed by atoms with van der Waals surface area (Å²) in [5, 5.41) is 0. The molecule has 0 amide bonds. The topological polar surface area (TPSA) is 19.4 Å². The van der Waals surface area contributed by atoms with Crippen LogP contribution in [0.25, 0.3) is 0 Å². The van der Waals surface area contributed by atoms with Crippen LogP contribution in [-0.2, 0) is 0 Å². The van der Waals surface area contributed by atoms with Gasteiger partial charge in [-0.3, -0.25) is 4.98 Å². The maximum atomic E-state index is 4.37. The Kier molecular flexibility index (Phi) is 3.44. The van der Waals surface area contributed by atoms with Gasteiger partial charge in [0.1, 0.15) is 0 Å². The molecule has 1 atom stereocenters. The van der Waals surface area contributed by atoms with Gasteiger partial charge in [0.2, 0.25) is 0 Å². The van der Waals surface area contributed by atoms with Gasteiger partial charge in [-0.05, 0) is 46.0 Å². The third kappa shape index (κ3) is 2.53. The van der Waals surface area contributed by atoms with E-state index in [1.807, 2.05) is 13.1 Å². The minimum absolute atomic E-state index is 0.676. The largest absolute Gasteiger partial charge is 0.369 e. The van der Waals surface area contributed by atoms with Crippen molar-refractivity contribution in [3.05, 3.63) is 24.0 Å². The molecule has 1 aromatic rings. The Morgan fingerprint density at radius 2 is 2.19 bits per heavy atom. The molecule has 16 heavy (non-hydrogen) atoms. The van der Waals surface area contributed by atoms with E-state index in [0.717, 1.165) is 18.8 Å². The molecule has 1 aromatic heterocycles. The number of hydrogen-bond acceptors (Lipinski definition) is 3. The molecule has 1 fully saturated rings. The predicted octanol–water partition coefficient (Wildman–Crippen LogP) is 1.92. The summed E-state index contributed by atoms with van der Waals surface area (Å²) in [6, 6.07) is 4.95. The van der Waals surface area contributed by atoms with Crippen molar-refractivity contribution in [2.75, 3.05) is 32.1 Å². The molecule has 2 rings (SSSR count). The van der Waals surface area contributed by atoms with E-state index in [4.69, 9.17) is 0 Å². The van der Waals surface area contributed by atoms with Crippen LogP contribution in [0.1, 0.15) is 18.5 Å². The summed E-state index contributed by atoms with van der Waals surface area (Å²) in [5.74, 6) is 0. The molecule has 1 aliphatic rings. The number of aryl methyl sites for hydroxylation is 1. The lowest BCUT2D eigenvalue weighted by Gasteiger charge is -2.37. The molecular weight excluding hydrogens is 198 g/mol. The van der Waals surface area contributed by atoms with Crippen LogP contribution in [-0.4, -0.2) is 43.1 Å². The molecule has 0 aliphatic carbocycles. The van der Waals surface area contributed by atoms with Gasteiger partial charge in [0.25, 0.3) is 0 Å². The van der Waals surface area contributed by atoms with Crippen molar-refractivity contribution in [1.29, 1.82) is 0 Å². The third-order valence-electron chi connectivity index (χ3n) is 3.39. The van der Waals surface area contributed by atoms with Crippen LogP contribution in [0.3, 0.4) is 0 Å². The lowest BCUT2D eigenvalue weighted by molar-refractivity contribution is 0.258. The Hall–Kier alpha value is -1.09. The highest BCUT2D eigenvalue weighted by Gasteiger charge is 2.21. The standard InChI is InChI=1S/C13H21N3/c1-11-6-7-12(9-14-11)16-8-4-5-13(10-16)15(2)3/h6-7,9,13H,4-5,8,10H2,1-3H3/t13-/m0/s1. The second-order valence-electron chi connectivity index (χ2n) is 4.86. The van der Waals surface area contributed by atoms with E-state index in [9.17, 15) is 0 Å². The summed E-state index contributed by atoms with van der Waals surface area (Å²) in [5.41, 5.74) is 2.35. The number of pyridine rings is 1. The molecule has 88 valence electrons. The number of aromatic nitrogens is 1. The van der Waals surface area contributed by atoms with Crippen molar-refractivity contribution < 1.29 is 0 Å². The van der Waals surface area contributed by atoms with E-state index in [-0.39, 0.29) is 0 Å². The summed E-state index contributed by atoms with van der Waals surface area (Å²) in [6.07, 6.45) is 4.58. The van der Waals surface area contributed by atoms with Crippen molar-refractivity contribution in [3.63, 3.8) is 0 Å². The fraction of sp³-hybridized carbons (Fsp3) is 0.615. The van der Waals surface area contributed by atoms with Crippen LogP contribution in [0.15, 0.2) is 18.3 Å². The number of piperidine rings is 1. The maximum absolute atomic E-state index is 4.37. The Morgan fingerprint density at radius 3 is 2.81 bits per heavy atom.